The molecule has 0 aromatic heterocycles. The van der Waals surface area contributed by atoms with E-state index < -0.39 is 0 Å². The predicted octanol–water partition coefficient (Wildman–Crippen LogP) is 0.848. The van der Waals surface area contributed by atoms with Crippen molar-refractivity contribution in [3.8, 4) is 0 Å². The fraction of sp³-hybridized carbons (Fsp3) is 1.00. The predicted molar refractivity (Wildman–Crippen MR) is 72.7 cm³/mol. The molecular weight excluding hydrogens is 228 g/mol. The lowest BCUT2D eigenvalue weighted by Crippen LogP contribution is -2.46. The highest BCUT2D eigenvalue weighted by Crippen LogP contribution is 2.32. The summed E-state index contributed by atoms with van der Waals surface area (Å²) in [5, 5.41) is 12.9. The molecule has 0 aromatic carbocycles. The van der Waals surface area contributed by atoms with Crippen molar-refractivity contribution in [1.29, 1.82) is 0 Å². The Labute approximate surface area is 111 Å². The molecule has 2 aliphatic rings. The Morgan fingerprint density at radius 3 is 3.00 bits per heavy atom. The number of likely N-dealkylation sites (tertiary alicyclic amines) is 1. The molecule has 3 unspecified atom stereocenters. The summed E-state index contributed by atoms with van der Waals surface area (Å²) < 4.78 is 5.62. The molecule has 2 fully saturated rings. The molecule has 4 nitrogen and oxygen atoms in total. The summed E-state index contributed by atoms with van der Waals surface area (Å²) in [6.45, 7) is 7.01. The monoisotopic (exact) mass is 256 g/mol. The number of hydrogen-bond donors (Lipinski definition) is 2. The van der Waals surface area contributed by atoms with Crippen LogP contribution in [-0.2, 0) is 4.74 Å². The molecule has 0 aliphatic carbocycles. The quantitative estimate of drug-likeness (QED) is 0.739. The number of rotatable bonds is 6. The van der Waals surface area contributed by atoms with Crippen LogP contribution in [0.1, 0.15) is 32.6 Å². The highest BCUT2D eigenvalue weighted by Gasteiger charge is 2.39. The number of aliphatic hydroxyl groups excluding tert-OH is 1. The third-order valence-electron chi connectivity index (χ3n) is 4.39. The van der Waals surface area contributed by atoms with Gasteiger partial charge in [-0.2, -0.15) is 0 Å². The lowest BCUT2D eigenvalue weighted by Gasteiger charge is -2.35. The van der Waals surface area contributed by atoms with E-state index in [1.54, 1.807) is 0 Å². The molecule has 0 radical (unpaired) electrons. The Morgan fingerprint density at radius 2 is 2.39 bits per heavy atom. The second kappa shape index (κ2) is 6.33. The Balaban J connectivity index is 1.93. The Morgan fingerprint density at radius 1 is 1.56 bits per heavy atom. The van der Waals surface area contributed by atoms with Gasteiger partial charge in [-0.3, -0.25) is 4.90 Å². The lowest BCUT2D eigenvalue weighted by molar-refractivity contribution is 0.0829. The van der Waals surface area contributed by atoms with Gasteiger partial charge in [-0.15, -0.1) is 0 Å². The van der Waals surface area contributed by atoms with E-state index in [-0.39, 0.29) is 11.5 Å². The summed E-state index contributed by atoms with van der Waals surface area (Å²) in [6.07, 6.45) is 4.40. The molecule has 2 rings (SSSR count). The van der Waals surface area contributed by atoms with Gasteiger partial charge in [0.15, 0.2) is 0 Å². The van der Waals surface area contributed by atoms with E-state index in [1.807, 2.05) is 14.0 Å². The minimum Gasteiger partial charge on any atom is -0.393 e. The van der Waals surface area contributed by atoms with E-state index in [9.17, 15) is 5.11 Å². The molecule has 2 aliphatic heterocycles. The average molecular weight is 256 g/mol. The highest BCUT2D eigenvalue weighted by atomic mass is 16.5. The maximum absolute atomic E-state index is 9.60. The molecule has 0 spiro atoms. The summed E-state index contributed by atoms with van der Waals surface area (Å²) in [4.78, 5) is 2.58. The zero-order valence-electron chi connectivity index (χ0n) is 11.8. The van der Waals surface area contributed by atoms with E-state index in [0.717, 1.165) is 39.1 Å². The molecule has 0 amide bonds. The van der Waals surface area contributed by atoms with E-state index in [4.69, 9.17) is 4.74 Å². The molecule has 0 saturated carbocycles. The smallest absolute Gasteiger partial charge is 0.0547 e. The summed E-state index contributed by atoms with van der Waals surface area (Å²) in [5.41, 5.74) is 0.288. The molecule has 2 heterocycles. The molecule has 18 heavy (non-hydrogen) atoms. The fourth-order valence-electron chi connectivity index (χ4n) is 3.54. The second-order valence-corrected chi connectivity index (χ2v) is 6.18. The fourth-order valence-corrected chi connectivity index (χ4v) is 3.54. The van der Waals surface area contributed by atoms with E-state index >= 15 is 0 Å². The van der Waals surface area contributed by atoms with E-state index in [1.165, 1.54) is 19.4 Å². The second-order valence-electron chi connectivity index (χ2n) is 6.18. The van der Waals surface area contributed by atoms with Gasteiger partial charge in [0.1, 0.15) is 0 Å². The summed E-state index contributed by atoms with van der Waals surface area (Å²) in [7, 11) is 2.03. The van der Waals surface area contributed by atoms with Crippen LogP contribution in [0, 0.1) is 5.41 Å². The topological polar surface area (TPSA) is 44.7 Å². The van der Waals surface area contributed by atoms with Crippen LogP contribution in [0.5, 0.6) is 0 Å². The molecule has 3 atom stereocenters. The number of hydrogen-bond acceptors (Lipinski definition) is 4. The zero-order chi connectivity index (χ0) is 13.0. The molecule has 2 N–H and O–H groups in total. The molecule has 0 aromatic rings. The zero-order valence-corrected chi connectivity index (χ0v) is 11.8. The van der Waals surface area contributed by atoms with E-state index in [2.05, 4.69) is 10.2 Å². The Bertz CT molecular complexity index is 252. The number of nitrogens with zero attached hydrogens (tertiary/aromatic N) is 1. The van der Waals surface area contributed by atoms with Gasteiger partial charge in [0.25, 0.3) is 0 Å². The van der Waals surface area contributed by atoms with Crippen molar-refractivity contribution in [3.05, 3.63) is 0 Å². The first-order chi connectivity index (χ1) is 8.65. The normalized spacial score (nSPS) is 35.2. The molecular formula is C14H28N2O2. The third-order valence-corrected chi connectivity index (χ3v) is 4.39. The van der Waals surface area contributed by atoms with Crippen LogP contribution in [0.2, 0.25) is 0 Å². The summed E-state index contributed by atoms with van der Waals surface area (Å²) >= 11 is 0. The summed E-state index contributed by atoms with van der Waals surface area (Å²) in [5.74, 6) is 0. The van der Waals surface area contributed by atoms with Crippen LogP contribution in [0.25, 0.3) is 0 Å². The molecule has 2 saturated heterocycles. The van der Waals surface area contributed by atoms with Gasteiger partial charge in [-0.1, -0.05) is 0 Å². The highest BCUT2D eigenvalue weighted by molar-refractivity contribution is 4.92. The minimum absolute atomic E-state index is 0.185. The van der Waals surface area contributed by atoms with Crippen molar-refractivity contribution in [2.75, 3.05) is 39.9 Å². The average Bonchev–Trinajstić information content (AvgIpc) is 2.90. The van der Waals surface area contributed by atoms with Crippen molar-refractivity contribution in [3.63, 3.8) is 0 Å². The first kappa shape index (κ1) is 14.3. The van der Waals surface area contributed by atoms with Gasteiger partial charge < -0.3 is 15.2 Å². The minimum atomic E-state index is -0.185. The largest absolute Gasteiger partial charge is 0.393 e. The van der Waals surface area contributed by atoms with Crippen LogP contribution in [0.3, 0.4) is 0 Å². The summed E-state index contributed by atoms with van der Waals surface area (Å²) in [6, 6.07) is 0.569. The van der Waals surface area contributed by atoms with Crippen LogP contribution in [-0.4, -0.2) is 62.0 Å². The van der Waals surface area contributed by atoms with Crippen LogP contribution in [0.4, 0.5) is 0 Å². The Kier molecular flexibility index (Phi) is 5.01. The van der Waals surface area contributed by atoms with Gasteiger partial charge in [0.2, 0.25) is 0 Å². The standard InChI is InChI=1S/C14H28N2O2/c1-12(17)8-13-4-3-6-16(13)10-14(9-15-2)5-7-18-11-14/h12-13,15,17H,3-11H2,1-2H3. The Hall–Kier alpha value is -0.160. The van der Waals surface area contributed by atoms with Crippen LogP contribution in [0.15, 0.2) is 0 Å². The van der Waals surface area contributed by atoms with Crippen molar-refractivity contribution in [2.45, 2.75) is 44.8 Å². The maximum Gasteiger partial charge on any atom is 0.0547 e. The number of nitrogens with one attached hydrogen (secondary N) is 1. The maximum atomic E-state index is 9.60. The van der Waals surface area contributed by atoms with Crippen molar-refractivity contribution in [2.24, 2.45) is 5.41 Å². The first-order valence-corrected chi connectivity index (χ1v) is 7.30. The van der Waals surface area contributed by atoms with Crippen molar-refractivity contribution >= 4 is 0 Å². The number of aliphatic hydroxyl groups is 1. The molecule has 106 valence electrons. The third kappa shape index (κ3) is 3.44. The first-order valence-electron chi connectivity index (χ1n) is 7.30. The van der Waals surface area contributed by atoms with Crippen LogP contribution < -0.4 is 5.32 Å². The van der Waals surface area contributed by atoms with Gasteiger partial charge in [0.05, 0.1) is 12.7 Å². The SMILES string of the molecule is CNCC1(CN2CCCC2CC(C)O)CCOC1. The van der Waals surface area contributed by atoms with E-state index in [0.29, 0.717) is 6.04 Å². The van der Waals surface area contributed by atoms with Gasteiger partial charge in [-0.25, -0.2) is 0 Å². The lowest BCUT2D eigenvalue weighted by atomic mass is 9.86. The molecule has 4 heteroatoms. The van der Waals surface area contributed by atoms with Crippen LogP contribution >= 0.6 is 0 Å². The van der Waals surface area contributed by atoms with Crippen molar-refractivity contribution in [1.82, 2.24) is 10.2 Å². The molecule has 0 bridgehead atoms. The van der Waals surface area contributed by atoms with Gasteiger partial charge in [-0.05, 0) is 46.2 Å². The number of ether oxygens (including phenoxy) is 1. The van der Waals surface area contributed by atoms with Gasteiger partial charge >= 0.3 is 0 Å². The van der Waals surface area contributed by atoms with Gasteiger partial charge in [0, 0.05) is 31.2 Å². The van der Waals surface area contributed by atoms with Crippen molar-refractivity contribution < 1.29 is 9.84 Å².